The SMILES string of the molecule is Cn1ccnc(N2CC3CCC(O)C3C2)c1=O. The molecule has 2 aliphatic rings. The van der Waals surface area contributed by atoms with Crippen LogP contribution in [0.15, 0.2) is 17.2 Å². The van der Waals surface area contributed by atoms with Crippen molar-refractivity contribution in [2.45, 2.75) is 18.9 Å². The van der Waals surface area contributed by atoms with Gasteiger partial charge in [0.1, 0.15) is 0 Å². The van der Waals surface area contributed by atoms with Crippen molar-refractivity contribution in [2.24, 2.45) is 18.9 Å². The minimum absolute atomic E-state index is 0.0537. The minimum atomic E-state index is -0.197. The van der Waals surface area contributed by atoms with E-state index in [1.807, 2.05) is 4.90 Å². The molecule has 1 aliphatic heterocycles. The molecule has 3 rings (SSSR count). The van der Waals surface area contributed by atoms with Gasteiger partial charge in [0, 0.05) is 38.4 Å². The summed E-state index contributed by atoms with van der Waals surface area (Å²) >= 11 is 0. The van der Waals surface area contributed by atoms with Crippen molar-refractivity contribution in [3.63, 3.8) is 0 Å². The lowest BCUT2D eigenvalue weighted by Crippen LogP contribution is -2.32. The Bertz CT molecular complexity index is 485. The van der Waals surface area contributed by atoms with Gasteiger partial charge in [0.2, 0.25) is 0 Å². The van der Waals surface area contributed by atoms with Gasteiger partial charge in [-0.15, -0.1) is 0 Å². The molecule has 1 aromatic heterocycles. The number of anilines is 1. The fraction of sp³-hybridized carbons (Fsp3) is 0.667. The quantitative estimate of drug-likeness (QED) is 0.743. The van der Waals surface area contributed by atoms with E-state index >= 15 is 0 Å². The molecule has 1 aromatic rings. The van der Waals surface area contributed by atoms with E-state index in [0.717, 1.165) is 25.9 Å². The third-order valence-electron chi connectivity index (χ3n) is 4.12. The van der Waals surface area contributed by atoms with E-state index in [4.69, 9.17) is 0 Å². The molecule has 0 spiro atoms. The van der Waals surface area contributed by atoms with Crippen LogP contribution in [0.4, 0.5) is 5.82 Å². The van der Waals surface area contributed by atoms with Crippen molar-refractivity contribution >= 4 is 5.82 Å². The van der Waals surface area contributed by atoms with Crippen LogP contribution in [-0.4, -0.2) is 33.9 Å². The molecule has 2 heterocycles. The second-order valence-electron chi connectivity index (χ2n) is 5.14. The van der Waals surface area contributed by atoms with Gasteiger partial charge in [-0.05, 0) is 18.8 Å². The smallest absolute Gasteiger partial charge is 0.293 e. The lowest BCUT2D eigenvalue weighted by molar-refractivity contribution is 0.133. The van der Waals surface area contributed by atoms with Crippen molar-refractivity contribution in [1.82, 2.24) is 9.55 Å². The maximum absolute atomic E-state index is 12.0. The van der Waals surface area contributed by atoms with E-state index in [1.165, 1.54) is 0 Å². The molecule has 3 unspecified atom stereocenters. The zero-order valence-electron chi connectivity index (χ0n) is 9.91. The number of nitrogens with zero attached hydrogens (tertiary/aromatic N) is 3. The highest BCUT2D eigenvalue weighted by Crippen LogP contribution is 2.38. The molecule has 0 bridgehead atoms. The summed E-state index contributed by atoms with van der Waals surface area (Å²) in [5.74, 6) is 1.37. The fourth-order valence-corrected chi connectivity index (χ4v) is 3.11. The average Bonchev–Trinajstić information content (AvgIpc) is 2.85. The fourth-order valence-electron chi connectivity index (χ4n) is 3.11. The number of hydrogen-bond donors (Lipinski definition) is 1. The van der Waals surface area contributed by atoms with Crippen LogP contribution in [0, 0.1) is 11.8 Å². The summed E-state index contributed by atoms with van der Waals surface area (Å²) in [7, 11) is 1.74. The highest BCUT2D eigenvalue weighted by Gasteiger charge is 2.42. The van der Waals surface area contributed by atoms with E-state index in [1.54, 1.807) is 24.0 Å². The average molecular weight is 235 g/mol. The third kappa shape index (κ3) is 1.65. The van der Waals surface area contributed by atoms with Gasteiger partial charge in [-0.1, -0.05) is 0 Å². The van der Waals surface area contributed by atoms with Crippen molar-refractivity contribution in [3.8, 4) is 0 Å². The van der Waals surface area contributed by atoms with Crippen LogP contribution in [0.1, 0.15) is 12.8 Å². The molecular weight excluding hydrogens is 218 g/mol. The van der Waals surface area contributed by atoms with Gasteiger partial charge in [-0.2, -0.15) is 0 Å². The number of rotatable bonds is 1. The van der Waals surface area contributed by atoms with Gasteiger partial charge in [-0.3, -0.25) is 4.79 Å². The molecule has 1 saturated heterocycles. The largest absolute Gasteiger partial charge is 0.393 e. The number of aromatic nitrogens is 2. The zero-order valence-corrected chi connectivity index (χ0v) is 9.91. The Morgan fingerprint density at radius 1 is 1.41 bits per heavy atom. The molecule has 1 aliphatic carbocycles. The van der Waals surface area contributed by atoms with Crippen LogP contribution in [-0.2, 0) is 7.05 Å². The molecule has 92 valence electrons. The molecule has 0 radical (unpaired) electrons. The number of aryl methyl sites for hydroxylation is 1. The van der Waals surface area contributed by atoms with Gasteiger partial charge in [-0.25, -0.2) is 4.98 Å². The van der Waals surface area contributed by atoms with Gasteiger partial charge >= 0.3 is 0 Å². The van der Waals surface area contributed by atoms with E-state index < -0.39 is 0 Å². The summed E-state index contributed by atoms with van der Waals surface area (Å²) < 4.78 is 1.55. The molecule has 17 heavy (non-hydrogen) atoms. The van der Waals surface area contributed by atoms with Crippen molar-refractivity contribution in [1.29, 1.82) is 0 Å². The van der Waals surface area contributed by atoms with Crippen LogP contribution in [0.3, 0.4) is 0 Å². The summed E-state index contributed by atoms with van der Waals surface area (Å²) in [5.41, 5.74) is -0.0537. The first-order chi connectivity index (χ1) is 8.16. The Balaban J connectivity index is 1.88. The second-order valence-corrected chi connectivity index (χ2v) is 5.14. The first-order valence-electron chi connectivity index (χ1n) is 6.11. The Hall–Kier alpha value is -1.36. The predicted octanol–water partition coefficient (Wildman–Crippen LogP) is -0.0126. The lowest BCUT2D eigenvalue weighted by atomic mass is 10.00. The van der Waals surface area contributed by atoms with Crippen LogP contribution >= 0.6 is 0 Å². The minimum Gasteiger partial charge on any atom is -0.393 e. The Kier molecular flexibility index (Phi) is 2.43. The standard InChI is InChI=1S/C12H17N3O2/c1-14-5-4-13-11(12(14)17)15-6-8-2-3-10(16)9(8)7-15/h4-5,8-10,16H,2-3,6-7H2,1H3. The van der Waals surface area contributed by atoms with E-state index in [9.17, 15) is 9.90 Å². The number of aliphatic hydroxyl groups is 1. The molecule has 1 saturated carbocycles. The van der Waals surface area contributed by atoms with Gasteiger partial charge in [0.25, 0.3) is 5.56 Å². The topological polar surface area (TPSA) is 58.4 Å². The molecule has 5 nitrogen and oxygen atoms in total. The normalized spacial score (nSPS) is 31.9. The maximum atomic E-state index is 12.0. The van der Waals surface area contributed by atoms with Gasteiger partial charge in [0.15, 0.2) is 5.82 Å². The lowest BCUT2D eigenvalue weighted by Gasteiger charge is -2.18. The van der Waals surface area contributed by atoms with Crippen molar-refractivity contribution in [3.05, 3.63) is 22.7 Å². The Morgan fingerprint density at radius 2 is 2.24 bits per heavy atom. The van der Waals surface area contributed by atoms with Crippen molar-refractivity contribution in [2.75, 3.05) is 18.0 Å². The summed E-state index contributed by atoms with van der Waals surface area (Å²) in [6.45, 7) is 1.62. The van der Waals surface area contributed by atoms with Gasteiger partial charge < -0.3 is 14.6 Å². The van der Waals surface area contributed by atoms with Gasteiger partial charge in [0.05, 0.1) is 6.10 Å². The number of fused-ring (bicyclic) bond motifs is 1. The van der Waals surface area contributed by atoms with Crippen LogP contribution in [0.25, 0.3) is 0 Å². The van der Waals surface area contributed by atoms with E-state index in [0.29, 0.717) is 17.7 Å². The number of hydrogen-bond acceptors (Lipinski definition) is 4. The first-order valence-corrected chi connectivity index (χ1v) is 6.11. The highest BCUT2D eigenvalue weighted by atomic mass is 16.3. The van der Waals surface area contributed by atoms with Crippen LogP contribution in [0.2, 0.25) is 0 Å². The third-order valence-corrected chi connectivity index (χ3v) is 4.12. The first kappa shape index (κ1) is 10.8. The monoisotopic (exact) mass is 235 g/mol. The Labute approximate surface area is 99.7 Å². The molecule has 1 N–H and O–H groups in total. The molecule has 0 aromatic carbocycles. The Morgan fingerprint density at radius 3 is 3.00 bits per heavy atom. The summed E-state index contributed by atoms with van der Waals surface area (Å²) in [5, 5.41) is 9.86. The number of aliphatic hydroxyl groups excluding tert-OH is 1. The van der Waals surface area contributed by atoms with E-state index in [-0.39, 0.29) is 11.7 Å². The summed E-state index contributed by atoms with van der Waals surface area (Å²) in [4.78, 5) is 18.2. The molecular formula is C12H17N3O2. The molecule has 5 heteroatoms. The summed E-state index contributed by atoms with van der Waals surface area (Å²) in [6, 6.07) is 0. The van der Waals surface area contributed by atoms with Crippen LogP contribution < -0.4 is 10.5 Å². The molecule has 0 amide bonds. The maximum Gasteiger partial charge on any atom is 0.293 e. The zero-order chi connectivity index (χ0) is 12.0. The molecule has 3 atom stereocenters. The van der Waals surface area contributed by atoms with Crippen LogP contribution in [0.5, 0.6) is 0 Å². The molecule has 2 fully saturated rings. The second kappa shape index (κ2) is 3.84. The highest BCUT2D eigenvalue weighted by molar-refractivity contribution is 5.38. The van der Waals surface area contributed by atoms with Crippen molar-refractivity contribution < 1.29 is 5.11 Å². The predicted molar refractivity (Wildman–Crippen MR) is 63.9 cm³/mol. The van der Waals surface area contributed by atoms with E-state index in [2.05, 4.69) is 4.98 Å². The summed E-state index contributed by atoms with van der Waals surface area (Å²) in [6.07, 6.45) is 5.09.